The zero-order valence-electron chi connectivity index (χ0n) is 17.9. The molecule has 0 amide bonds. The minimum atomic E-state index is -0.348. The van der Waals surface area contributed by atoms with Crippen LogP contribution in [0.25, 0.3) is 0 Å². The van der Waals surface area contributed by atoms with Gasteiger partial charge in [-0.3, -0.25) is 9.89 Å². The first-order chi connectivity index (χ1) is 14.6. The molecule has 1 aromatic carbocycles. The second kappa shape index (κ2) is 11.3. The van der Waals surface area contributed by atoms with Crippen LogP contribution in [0.2, 0.25) is 0 Å². The molecule has 1 aliphatic rings. The molecule has 0 radical (unpaired) electrons. The molecular weight excluding hydrogens is 403 g/mol. The highest BCUT2D eigenvalue weighted by Gasteiger charge is 2.24. The van der Waals surface area contributed by atoms with Crippen LogP contribution >= 0.6 is 11.3 Å². The molecule has 2 aromatic rings. The number of nitrogens with zero attached hydrogens (tertiary/aromatic N) is 2. The van der Waals surface area contributed by atoms with E-state index in [-0.39, 0.29) is 17.6 Å². The third kappa shape index (κ3) is 6.17. The third-order valence-corrected chi connectivity index (χ3v) is 6.12. The molecule has 1 fully saturated rings. The Morgan fingerprint density at radius 1 is 1.27 bits per heavy atom. The summed E-state index contributed by atoms with van der Waals surface area (Å²) in [5, 5.41) is 6.71. The van der Waals surface area contributed by atoms with Crippen molar-refractivity contribution in [3.63, 3.8) is 0 Å². The Balaban J connectivity index is 1.59. The monoisotopic (exact) mass is 434 g/mol. The molecule has 1 saturated heterocycles. The molecule has 164 valence electrons. The van der Waals surface area contributed by atoms with Gasteiger partial charge in [0.1, 0.15) is 0 Å². The Bertz CT molecular complexity index is 836. The molecule has 0 spiro atoms. The standard InChI is InChI=1S/C22H31FN4O2S/c1-4-29-20-7-6-17(13-18(20)23)14-25-22(24-3)26-15-19(21-8-5-16(2)30-21)27-9-11-28-12-10-27/h5-8,13,19H,4,9-12,14-15H2,1-3H3,(H2,24,25,26). The molecule has 8 heteroatoms. The maximum atomic E-state index is 14.1. The van der Waals surface area contributed by atoms with Crippen LogP contribution in [0.1, 0.15) is 28.3 Å². The molecule has 0 bridgehead atoms. The summed E-state index contributed by atoms with van der Waals surface area (Å²) in [7, 11) is 1.74. The van der Waals surface area contributed by atoms with Crippen molar-refractivity contribution >= 4 is 17.3 Å². The summed E-state index contributed by atoms with van der Waals surface area (Å²) in [6.07, 6.45) is 0. The highest BCUT2D eigenvalue weighted by atomic mass is 32.1. The van der Waals surface area contributed by atoms with Gasteiger partial charge in [-0.25, -0.2) is 4.39 Å². The lowest BCUT2D eigenvalue weighted by atomic mass is 10.2. The Hall–Kier alpha value is -2.16. The van der Waals surface area contributed by atoms with E-state index in [2.05, 4.69) is 39.6 Å². The summed E-state index contributed by atoms with van der Waals surface area (Å²) in [6.45, 7) is 8.98. The summed E-state index contributed by atoms with van der Waals surface area (Å²) in [4.78, 5) is 9.43. The third-order valence-electron chi connectivity index (χ3n) is 5.02. The lowest BCUT2D eigenvalue weighted by molar-refractivity contribution is 0.0177. The molecule has 1 unspecified atom stereocenters. The Morgan fingerprint density at radius 3 is 2.70 bits per heavy atom. The zero-order valence-corrected chi connectivity index (χ0v) is 18.7. The Labute approximate surface area is 182 Å². The number of guanidine groups is 1. The molecule has 6 nitrogen and oxygen atoms in total. The number of nitrogens with one attached hydrogen (secondary N) is 2. The van der Waals surface area contributed by atoms with Crippen molar-refractivity contribution in [3.8, 4) is 5.75 Å². The van der Waals surface area contributed by atoms with E-state index in [4.69, 9.17) is 9.47 Å². The normalized spacial score (nSPS) is 16.3. The van der Waals surface area contributed by atoms with Crippen LogP contribution < -0.4 is 15.4 Å². The molecule has 1 aliphatic heterocycles. The largest absolute Gasteiger partial charge is 0.491 e. The van der Waals surface area contributed by atoms with E-state index in [1.54, 1.807) is 13.1 Å². The molecule has 1 atom stereocenters. The average Bonchev–Trinajstić information content (AvgIpc) is 3.19. The summed E-state index contributed by atoms with van der Waals surface area (Å²) in [5.41, 5.74) is 0.831. The van der Waals surface area contributed by atoms with Gasteiger partial charge in [0.15, 0.2) is 17.5 Å². The minimum absolute atomic E-state index is 0.258. The number of hydrogen-bond donors (Lipinski definition) is 2. The molecule has 2 N–H and O–H groups in total. The van der Waals surface area contributed by atoms with Crippen LogP contribution in [0, 0.1) is 12.7 Å². The number of thiophene rings is 1. The minimum Gasteiger partial charge on any atom is -0.491 e. The first kappa shape index (κ1) is 22.5. The van der Waals surface area contributed by atoms with Gasteiger partial charge in [0.05, 0.1) is 25.9 Å². The van der Waals surface area contributed by atoms with E-state index < -0.39 is 0 Å². The SMILES string of the molecule is CCOc1ccc(CNC(=NC)NCC(c2ccc(C)s2)N2CCOCC2)cc1F. The summed E-state index contributed by atoms with van der Waals surface area (Å²) >= 11 is 1.83. The summed E-state index contributed by atoms with van der Waals surface area (Å²) in [5.74, 6) is 0.624. The molecule has 0 saturated carbocycles. The van der Waals surface area contributed by atoms with E-state index in [1.807, 2.05) is 24.3 Å². The molecule has 2 heterocycles. The number of aryl methyl sites for hydroxylation is 1. The van der Waals surface area contributed by atoms with Gasteiger partial charge in [-0.05, 0) is 43.7 Å². The van der Waals surface area contributed by atoms with Crippen molar-refractivity contribution < 1.29 is 13.9 Å². The number of hydrogen-bond acceptors (Lipinski definition) is 5. The van der Waals surface area contributed by atoms with Gasteiger partial charge in [0.2, 0.25) is 0 Å². The van der Waals surface area contributed by atoms with Crippen LogP contribution in [-0.2, 0) is 11.3 Å². The zero-order chi connectivity index (χ0) is 21.3. The number of rotatable bonds is 8. The lowest BCUT2D eigenvalue weighted by Crippen LogP contribution is -2.46. The van der Waals surface area contributed by atoms with Gasteiger partial charge >= 0.3 is 0 Å². The van der Waals surface area contributed by atoms with Gasteiger partial charge in [-0.15, -0.1) is 11.3 Å². The fourth-order valence-electron chi connectivity index (χ4n) is 3.46. The van der Waals surface area contributed by atoms with Crippen molar-refractivity contribution in [1.82, 2.24) is 15.5 Å². The molecule has 1 aromatic heterocycles. The summed E-state index contributed by atoms with van der Waals surface area (Å²) < 4.78 is 24.9. The van der Waals surface area contributed by atoms with Crippen molar-refractivity contribution in [2.45, 2.75) is 26.4 Å². The average molecular weight is 435 g/mol. The fourth-order valence-corrected chi connectivity index (χ4v) is 4.47. The van der Waals surface area contributed by atoms with Crippen molar-refractivity contribution in [2.24, 2.45) is 4.99 Å². The van der Waals surface area contributed by atoms with Gasteiger partial charge in [-0.1, -0.05) is 6.07 Å². The topological polar surface area (TPSA) is 58.1 Å². The Kier molecular flexibility index (Phi) is 8.48. The smallest absolute Gasteiger partial charge is 0.191 e. The molecule has 3 rings (SSSR count). The van der Waals surface area contributed by atoms with Gasteiger partial charge < -0.3 is 20.1 Å². The van der Waals surface area contributed by atoms with E-state index in [9.17, 15) is 4.39 Å². The predicted molar refractivity (Wildman–Crippen MR) is 120 cm³/mol. The van der Waals surface area contributed by atoms with Crippen molar-refractivity contribution in [3.05, 3.63) is 51.5 Å². The lowest BCUT2D eigenvalue weighted by Gasteiger charge is -2.34. The van der Waals surface area contributed by atoms with Crippen LogP contribution in [0.3, 0.4) is 0 Å². The van der Waals surface area contributed by atoms with Crippen molar-refractivity contribution in [1.29, 1.82) is 0 Å². The van der Waals surface area contributed by atoms with E-state index in [1.165, 1.54) is 15.8 Å². The van der Waals surface area contributed by atoms with Crippen LogP contribution in [0.4, 0.5) is 4.39 Å². The number of ether oxygens (including phenoxy) is 2. The first-order valence-electron chi connectivity index (χ1n) is 10.3. The van der Waals surface area contributed by atoms with E-state index in [0.29, 0.717) is 19.1 Å². The van der Waals surface area contributed by atoms with Gasteiger partial charge in [0.25, 0.3) is 0 Å². The number of halogens is 1. The predicted octanol–water partition coefficient (Wildman–Crippen LogP) is 3.33. The quantitative estimate of drug-likeness (QED) is 0.493. The van der Waals surface area contributed by atoms with Gasteiger partial charge in [-0.2, -0.15) is 0 Å². The maximum absolute atomic E-state index is 14.1. The number of morpholine rings is 1. The van der Waals surface area contributed by atoms with Crippen LogP contribution in [0.5, 0.6) is 5.75 Å². The molecule has 30 heavy (non-hydrogen) atoms. The van der Waals surface area contributed by atoms with Crippen LogP contribution in [-0.4, -0.2) is 57.4 Å². The Morgan fingerprint density at radius 2 is 2.07 bits per heavy atom. The highest BCUT2D eigenvalue weighted by Crippen LogP contribution is 2.28. The van der Waals surface area contributed by atoms with Crippen LogP contribution in [0.15, 0.2) is 35.3 Å². The second-order valence-electron chi connectivity index (χ2n) is 7.12. The van der Waals surface area contributed by atoms with Crippen molar-refractivity contribution in [2.75, 3.05) is 46.5 Å². The first-order valence-corrected chi connectivity index (χ1v) is 11.2. The molecule has 0 aliphatic carbocycles. The van der Waals surface area contributed by atoms with E-state index >= 15 is 0 Å². The number of benzene rings is 1. The fraction of sp³-hybridized carbons (Fsp3) is 0.500. The van der Waals surface area contributed by atoms with Gasteiger partial charge in [0, 0.05) is 43.0 Å². The van der Waals surface area contributed by atoms with E-state index in [0.717, 1.165) is 38.4 Å². The highest BCUT2D eigenvalue weighted by molar-refractivity contribution is 7.12. The summed E-state index contributed by atoms with van der Waals surface area (Å²) in [6, 6.07) is 9.66. The number of aliphatic imine (C=N–C) groups is 1. The maximum Gasteiger partial charge on any atom is 0.191 e. The second-order valence-corrected chi connectivity index (χ2v) is 8.44. The molecular formula is C22H31FN4O2S.